The minimum Gasteiger partial charge on any atom is -0.463 e. The monoisotopic (exact) mass is 642 g/mol. The molecule has 1 saturated heterocycles. The van der Waals surface area contributed by atoms with E-state index in [9.17, 15) is 5.11 Å². The highest BCUT2D eigenvalue weighted by molar-refractivity contribution is 7.44. The summed E-state index contributed by atoms with van der Waals surface area (Å²) in [6.07, 6.45) is 3.56. The molecule has 16 heteroatoms. The summed E-state index contributed by atoms with van der Waals surface area (Å²) in [5, 5.41) is 24.9. The van der Waals surface area contributed by atoms with Gasteiger partial charge in [-0.3, -0.25) is 0 Å². The van der Waals surface area contributed by atoms with Crippen molar-refractivity contribution in [2.75, 3.05) is 41.4 Å². The Kier molecular flexibility index (Phi) is 12.0. The molecule has 0 bridgehead atoms. The molecule has 4 heterocycles. The Morgan fingerprint density at radius 2 is 1.87 bits per heavy atom. The lowest BCUT2D eigenvalue weighted by Gasteiger charge is -2.37. The number of aliphatic hydroxyl groups is 1. The van der Waals surface area contributed by atoms with Crippen LogP contribution >= 0.6 is 8.53 Å². The molecule has 0 radical (unpaired) electrons. The van der Waals surface area contributed by atoms with Crippen molar-refractivity contribution in [3.05, 3.63) is 18.4 Å². The molecule has 4 unspecified atom stereocenters. The first-order valence-corrected chi connectivity index (χ1v) is 15.9. The molecule has 0 amide bonds. The van der Waals surface area contributed by atoms with E-state index in [4.69, 9.17) is 33.5 Å². The molecule has 3 aromatic heterocycles. The van der Waals surface area contributed by atoms with Gasteiger partial charge < -0.3 is 33.1 Å². The second-order valence-electron chi connectivity index (χ2n) is 11.5. The van der Waals surface area contributed by atoms with Crippen molar-refractivity contribution in [1.82, 2.24) is 34.2 Å². The van der Waals surface area contributed by atoms with Crippen LogP contribution in [0.25, 0.3) is 22.5 Å². The van der Waals surface area contributed by atoms with Gasteiger partial charge in [0.25, 0.3) is 14.5 Å². The molecule has 0 spiro atoms. The Morgan fingerprint density at radius 1 is 1.16 bits per heavy atom. The third-order valence-electron chi connectivity index (χ3n) is 6.61. The highest BCUT2D eigenvalue weighted by atomic mass is 31.2. The molecule has 0 aliphatic carbocycles. The van der Waals surface area contributed by atoms with Gasteiger partial charge in [0.2, 0.25) is 0 Å². The van der Waals surface area contributed by atoms with Crippen LogP contribution in [0, 0.1) is 11.3 Å². The van der Waals surface area contributed by atoms with Crippen molar-refractivity contribution in [3.8, 4) is 17.5 Å². The third-order valence-corrected chi connectivity index (χ3v) is 8.77. The fourth-order valence-electron chi connectivity index (χ4n) is 4.82. The zero-order valence-corrected chi connectivity index (χ0v) is 28.0. The Morgan fingerprint density at radius 3 is 2.47 bits per heavy atom. The van der Waals surface area contributed by atoms with Crippen molar-refractivity contribution in [2.24, 2.45) is 9.98 Å². The Bertz CT molecular complexity index is 1480. The minimum atomic E-state index is -1.56. The van der Waals surface area contributed by atoms with E-state index in [1.165, 1.54) is 0 Å². The highest BCUT2D eigenvalue weighted by Crippen LogP contribution is 2.50. The van der Waals surface area contributed by atoms with Gasteiger partial charge in [-0.05, 0) is 39.8 Å². The molecule has 15 nitrogen and oxygen atoms in total. The van der Waals surface area contributed by atoms with Gasteiger partial charge in [-0.2, -0.15) is 20.3 Å². The van der Waals surface area contributed by atoms with Gasteiger partial charge in [0.1, 0.15) is 11.8 Å². The number of ether oxygens (including phenoxy) is 1. The fourth-order valence-corrected chi connectivity index (χ4v) is 6.58. The summed E-state index contributed by atoms with van der Waals surface area (Å²) < 4.78 is 28.6. The van der Waals surface area contributed by atoms with E-state index in [0.717, 1.165) is 0 Å². The van der Waals surface area contributed by atoms with Gasteiger partial charge in [0, 0.05) is 46.7 Å². The molecule has 1 N–H and O–H groups in total. The van der Waals surface area contributed by atoms with Gasteiger partial charge in [-0.1, -0.05) is 0 Å². The SMILES string of the molecule is CC(C)N(C(C)C)P(OCCC#N)OC1CC(n2nc(-c3ccco3)c3c(N=CN(C)C)nc(N=CN(C)C)nc32)OC1CO. The molecule has 1 aliphatic rings. The van der Waals surface area contributed by atoms with Crippen LogP contribution in [0.15, 0.2) is 32.8 Å². The predicted molar refractivity (Wildman–Crippen MR) is 172 cm³/mol. The first-order valence-electron chi connectivity index (χ1n) is 14.8. The molecule has 1 fully saturated rings. The maximum Gasteiger partial charge on any atom is 0.259 e. The second kappa shape index (κ2) is 15.7. The number of aliphatic hydroxyl groups excluding tert-OH is 1. The summed E-state index contributed by atoms with van der Waals surface area (Å²) in [7, 11) is 5.87. The van der Waals surface area contributed by atoms with Crippen LogP contribution in [0.3, 0.4) is 0 Å². The lowest BCUT2D eigenvalue weighted by Crippen LogP contribution is -2.36. The van der Waals surface area contributed by atoms with E-state index in [0.29, 0.717) is 34.7 Å². The number of aromatic nitrogens is 4. The predicted octanol–water partition coefficient (Wildman–Crippen LogP) is 4.47. The van der Waals surface area contributed by atoms with Crippen molar-refractivity contribution in [1.29, 1.82) is 5.26 Å². The van der Waals surface area contributed by atoms with Crippen molar-refractivity contribution >= 4 is 44.0 Å². The van der Waals surface area contributed by atoms with Gasteiger partial charge in [-0.25, -0.2) is 19.3 Å². The van der Waals surface area contributed by atoms with Crippen LogP contribution in [0.5, 0.6) is 0 Å². The average molecular weight is 643 g/mol. The zero-order chi connectivity index (χ0) is 32.7. The number of rotatable bonds is 15. The fraction of sp³-hybridized carbons (Fsp3) is 0.586. The van der Waals surface area contributed by atoms with Gasteiger partial charge in [0.05, 0.1) is 56.1 Å². The minimum absolute atomic E-state index is 0.119. The average Bonchev–Trinajstić information content (AvgIpc) is 3.73. The van der Waals surface area contributed by atoms with Gasteiger partial charge in [-0.15, -0.1) is 0 Å². The smallest absolute Gasteiger partial charge is 0.259 e. The van der Waals surface area contributed by atoms with E-state index in [-0.39, 0.29) is 37.7 Å². The van der Waals surface area contributed by atoms with E-state index >= 15 is 0 Å². The van der Waals surface area contributed by atoms with Crippen molar-refractivity contribution in [3.63, 3.8) is 0 Å². The Balaban J connectivity index is 1.79. The maximum atomic E-state index is 10.4. The molecular formula is C29H43N10O5P. The van der Waals surface area contributed by atoms with Gasteiger partial charge >= 0.3 is 0 Å². The first kappa shape index (κ1) is 34.4. The van der Waals surface area contributed by atoms with E-state index < -0.39 is 27.0 Å². The molecule has 4 atom stereocenters. The third kappa shape index (κ3) is 8.40. The lowest BCUT2D eigenvalue weighted by molar-refractivity contribution is -0.0450. The molecule has 4 rings (SSSR count). The number of fused-ring (bicyclic) bond motifs is 1. The molecule has 45 heavy (non-hydrogen) atoms. The highest BCUT2D eigenvalue weighted by Gasteiger charge is 2.42. The summed E-state index contributed by atoms with van der Waals surface area (Å²) in [6, 6.07) is 5.95. The number of hydrogen-bond acceptors (Lipinski definition) is 12. The standard InChI is InChI=1S/C29H43N10O5P/c1-19(2)39(20(3)4)45(42-14-10-12-30)44-22-15-24(43-23(22)16-40)38-28-25(26(35-38)21-11-9-13-41-21)27(31-17-36(5)6)33-29(34-28)32-18-37(7)8/h9,11,13,17-20,22-24,40H,10,14-16H2,1-8H3. The molecule has 3 aromatic rings. The van der Waals surface area contributed by atoms with E-state index in [2.05, 4.69) is 53.4 Å². The van der Waals surface area contributed by atoms with Crippen molar-refractivity contribution < 1.29 is 23.3 Å². The summed E-state index contributed by atoms with van der Waals surface area (Å²) in [5.41, 5.74) is 0.930. The summed E-state index contributed by atoms with van der Waals surface area (Å²) in [6.45, 7) is 8.25. The van der Waals surface area contributed by atoms with Crippen LogP contribution in [-0.2, 0) is 13.8 Å². The summed E-state index contributed by atoms with van der Waals surface area (Å²) in [4.78, 5) is 22.0. The number of aliphatic imine (C=N–C) groups is 2. The molecular weight excluding hydrogens is 599 g/mol. The lowest BCUT2D eigenvalue weighted by atomic mass is 10.2. The normalized spacial score (nSPS) is 19.6. The van der Waals surface area contributed by atoms with Crippen molar-refractivity contribution in [2.45, 2.75) is 71.1 Å². The molecule has 244 valence electrons. The molecule has 0 aromatic carbocycles. The van der Waals surface area contributed by atoms with Crippen LogP contribution < -0.4 is 0 Å². The molecule has 0 saturated carbocycles. The zero-order valence-electron chi connectivity index (χ0n) is 27.1. The van der Waals surface area contributed by atoms with Crippen LogP contribution in [-0.4, -0.2) is 118 Å². The van der Waals surface area contributed by atoms with E-state index in [1.807, 2.05) is 28.2 Å². The Hall–Kier alpha value is -3.51. The Labute approximate surface area is 265 Å². The number of nitriles is 1. The molecule has 1 aliphatic heterocycles. The van der Waals surface area contributed by atoms with Crippen LogP contribution in [0.2, 0.25) is 0 Å². The second-order valence-corrected chi connectivity index (χ2v) is 12.9. The number of furan rings is 1. The van der Waals surface area contributed by atoms with E-state index in [1.54, 1.807) is 45.6 Å². The summed E-state index contributed by atoms with van der Waals surface area (Å²) >= 11 is 0. The largest absolute Gasteiger partial charge is 0.463 e. The maximum absolute atomic E-state index is 10.4. The summed E-state index contributed by atoms with van der Waals surface area (Å²) in [5.74, 6) is 1.06. The van der Waals surface area contributed by atoms with Crippen LogP contribution in [0.4, 0.5) is 11.8 Å². The topological polar surface area (TPSA) is 163 Å². The first-order chi connectivity index (χ1) is 21.5. The number of hydrogen-bond donors (Lipinski definition) is 1. The quantitative estimate of drug-likeness (QED) is 0.107. The van der Waals surface area contributed by atoms with Gasteiger partial charge in [0.15, 0.2) is 23.5 Å². The number of nitrogens with zero attached hydrogens (tertiary/aromatic N) is 10. The van der Waals surface area contributed by atoms with Crippen LogP contribution in [0.1, 0.15) is 46.8 Å².